The maximum atomic E-state index is 12.5. The zero-order chi connectivity index (χ0) is 19.7. The minimum Gasteiger partial charge on any atom is -0.452 e. The number of alkyl carbamates (subject to hydrolysis) is 1. The van der Waals surface area contributed by atoms with Crippen LogP contribution in [-0.2, 0) is 24.3 Å². The Balaban J connectivity index is 2.80. The van der Waals surface area contributed by atoms with Crippen LogP contribution >= 0.6 is 0 Å². The van der Waals surface area contributed by atoms with E-state index in [0.717, 1.165) is 0 Å². The largest absolute Gasteiger partial charge is 0.452 e. The quantitative estimate of drug-likeness (QED) is 0.666. The molecule has 1 N–H and O–H groups in total. The average Bonchev–Trinajstić information content (AvgIpc) is 2.60. The highest BCUT2D eigenvalue weighted by Gasteiger charge is 2.23. The van der Waals surface area contributed by atoms with Gasteiger partial charge in [0.2, 0.25) is 10.0 Å². The van der Waals surface area contributed by atoms with Gasteiger partial charge in [-0.05, 0) is 25.1 Å². The molecule has 0 bridgehead atoms. The summed E-state index contributed by atoms with van der Waals surface area (Å²) in [6.07, 6.45) is -0.944. The summed E-state index contributed by atoms with van der Waals surface area (Å²) in [5, 5.41) is 1.87. The highest BCUT2D eigenvalue weighted by Crippen LogP contribution is 2.17. The molecule has 0 saturated heterocycles. The monoisotopic (exact) mass is 386 g/mol. The van der Waals surface area contributed by atoms with Gasteiger partial charge in [0.15, 0.2) is 6.61 Å². The molecule has 0 spiro atoms. The number of ether oxygens (including phenoxy) is 2. The molecule has 0 heterocycles. The van der Waals surface area contributed by atoms with E-state index >= 15 is 0 Å². The van der Waals surface area contributed by atoms with Crippen molar-refractivity contribution in [3.63, 3.8) is 0 Å². The van der Waals surface area contributed by atoms with Gasteiger partial charge >= 0.3 is 12.1 Å². The van der Waals surface area contributed by atoms with Crippen molar-refractivity contribution in [3.8, 4) is 0 Å². The van der Waals surface area contributed by atoms with Gasteiger partial charge in [0.05, 0.1) is 17.1 Å². The van der Waals surface area contributed by atoms with E-state index < -0.39 is 34.6 Å². The molecule has 9 nitrogen and oxygen atoms in total. The number of esters is 1. The van der Waals surface area contributed by atoms with Crippen molar-refractivity contribution in [2.75, 3.05) is 26.3 Å². The van der Waals surface area contributed by atoms with Crippen molar-refractivity contribution in [1.29, 1.82) is 0 Å². The summed E-state index contributed by atoms with van der Waals surface area (Å²) in [6, 6.07) is 5.33. The van der Waals surface area contributed by atoms with E-state index in [-0.39, 0.29) is 17.1 Å². The minimum absolute atomic E-state index is 0.0258. The third-order valence-corrected chi connectivity index (χ3v) is 5.31. The summed E-state index contributed by atoms with van der Waals surface area (Å²) in [6.45, 7) is 4.96. The predicted octanol–water partition coefficient (Wildman–Crippen LogP) is 1.15. The third-order valence-electron chi connectivity index (χ3n) is 3.26. The number of carbonyl (C=O) groups is 3. The number of rotatable bonds is 8. The van der Waals surface area contributed by atoms with Gasteiger partial charge in [-0.1, -0.05) is 19.9 Å². The fraction of sp³-hybridized carbons (Fsp3) is 0.438. The van der Waals surface area contributed by atoms with Gasteiger partial charge in [0.25, 0.3) is 5.91 Å². The van der Waals surface area contributed by atoms with Crippen molar-refractivity contribution in [3.05, 3.63) is 29.8 Å². The highest BCUT2D eigenvalue weighted by molar-refractivity contribution is 7.89. The molecule has 0 aliphatic heterocycles. The van der Waals surface area contributed by atoms with Crippen LogP contribution in [0.2, 0.25) is 0 Å². The fourth-order valence-electron chi connectivity index (χ4n) is 2.03. The van der Waals surface area contributed by atoms with Crippen LogP contribution in [0.4, 0.5) is 4.79 Å². The van der Waals surface area contributed by atoms with Crippen molar-refractivity contribution in [1.82, 2.24) is 9.62 Å². The summed E-state index contributed by atoms with van der Waals surface area (Å²) in [5.74, 6) is -1.75. The molecular weight excluding hydrogens is 364 g/mol. The summed E-state index contributed by atoms with van der Waals surface area (Å²) in [5.41, 5.74) is -0.0258. The van der Waals surface area contributed by atoms with Gasteiger partial charge < -0.3 is 9.47 Å². The molecule has 1 rings (SSSR count). The first kappa shape index (κ1) is 21.6. The second-order valence-corrected chi connectivity index (χ2v) is 6.90. The molecule has 0 radical (unpaired) electrons. The van der Waals surface area contributed by atoms with E-state index in [1.807, 2.05) is 5.32 Å². The molecule has 0 aromatic heterocycles. The molecule has 0 unspecified atom stereocenters. The third kappa shape index (κ3) is 5.81. The molecule has 0 atom stereocenters. The first-order valence-electron chi connectivity index (χ1n) is 8.00. The van der Waals surface area contributed by atoms with Gasteiger partial charge in [-0.15, -0.1) is 0 Å². The minimum atomic E-state index is -3.73. The van der Waals surface area contributed by atoms with E-state index in [4.69, 9.17) is 4.74 Å². The second-order valence-electron chi connectivity index (χ2n) is 4.96. The van der Waals surface area contributed by atoms with Crippen LogP contribution in [0.3, 0.4) is 0 Å². The number of nitrogens with one attached hydrogen (secondary N) is 1. The molecule has 0 aliphatic carbocycles. The number of hydrogen-bond acceptors (Lipinski definition) is 7. The number of amides is 2. The van der Waals surface area contributed by atoms with E-state index in [1.54, 1.807) is 20.8 Å². The van der Waals surface area contributed by atoms with Crippen LogP contribution in [0.1, 0.15) is 31.1 Å². The normalized spacial score (nSPS) is 11.1. The van der Waals surface area contributed by atoms with Gasteiger partial charge in [0, 0.05) is 13.1 Å². The Morgan fingerprint density at radius 3 is 2.31 bits per heavy atom. The molecular formula is C16H22N2O7S. The maximum absolute atomic E-state index is 12.5. The Bertz CT molecular complexity index is 758. The van der Waals surface area contributed by atoms with Crippen molar-refractivity contribution < 1.29 is 32.3 Å². The van der Waals surface area contributed by atoms with Crippen LogP contribution in [0, 0.1) is 0 Å². The van der Waals surface area contributed by atoms with Gasteiger partial charge in [-0.3, -0.25) is 10.1 Å². The first-order valence-corrected chi connectivity index (χ1v) is 9.44. The van der Waals surface area contributed by atoms with Crippen LogP contribution in [0.15, 0.2) is 29.2 Å². The molecule has 0 saturated carbocycles. The predicted molar refractivity (Wildman–Crippen MR) is 92.0 cm³/mol. The molecule has 10 heteroatoms. The molecule has 2 amide bonds. The Labute approximate surface area is 152 Å². The summed E-state index contributed by atoms with van der Waals surface area (Å²) in [4.78, 5) is 34.5. The van der Waals surface area contributed by atoms with Crippen molar-refractivity contribution >= 4 is 28.0 Å². The lowest BCUT2D eigenvalue weighted by Gasteiger charge is -2.18. The topological polar surface area (TPSA) is 119 Å². The smallest absolute Gasteiger partial charge is 0.413 e. The lowest BCUT2D eigenvalue weighted by atomic mass is 10.2. The first-order chi connectivity index (χ1) is 12.3. The molecule has 0 fully saturated rings. The molecule has 26 heavy (non-hydrogen) atoms. The maximum Gasteiger partial charge on any atom is 0.413 e. The number of imide groups is 1. The van der Waals surface area contributed by atoms with Crippen LogP contribution in [-0.4, -0.2) is 57.0 Å². The van der Waals surface area contributed by atoms with Gasteiger partial charge in [-0.2, -0.15) is 4.31 Å². The van der Waals surface area contributed by atoms with E-state index in [1.165, 1.54) is 28.6 Å². The SMILES string of the molecule is CCOC(=O)NC(=O)COC(=O)c1cccc(S(=O)(=O)N(CC)CC)c1. The Kier molecular flexibility index (Phi) is 8.20. The molecule has 0 aliphatic rings. The fourth-order valence-corrected chi connectivity index (χ4v) is 3.53. The second kappa shape index (κ2) is 9.88. The standard InChI is InChI=1S/C16H22N2O7S/c1-4-18(5-2)26(22,23)13-9-7-8-12(10-13)15(20)25-11-14(19)17-16(21)24-6-3/h7-10H,4-6,11H2,1-3H3,(H,17,19,21). The zero-order valence-corrected chi connectivity index (χ0v) is 15.7. The van der Waals surface area contributed by atoms with E-state index in [2.05, 4.69) is 4.74 Å². The van der Waals surface area contributed by atoms with Crippen LogP contribution in [0.25, 0.3) is 0 Å². The van der Waals surface area contributed by atoms with Gasteiger partial charge in [-0.25, -0.2) is 18.0 Å². The molecule has 1 aromatic rings. The number of benzene rings is 1. The van der Waals surface area contributed by atoms with Gasteiger partial charge in [0.1, 0.15) is 0 Å². The zero-order valence-electron chi connectivity index (χ0n) is 14.9. The number of sulfonamides is 1. The van der Waals surface area contributed by atoms with E-state index in [9.17, 15) is 22.8 Å². The Morgan fingerprint density at radius 1 is 1.08 bits per heavy atom. The number of carbonyl (C=O) groups excluding carboxylic acids is 3. The lowest BCUT2D eigenvalue weighted by molar-refractivity contribution is -0.123. The Hall–Kier alpha value is -2.46. The number of hydrogen-bond donors (Lipinski definition) is 1. The summed E-state index contributed by atoms with van der Waals surface area (Å²) >= 11 is 0. The Morgan fingerprint density at radius 2 is 1.73 bits per heavy atom. The average molecular weight is 386 g/mol. The molecule has 144 valence electrons. The van der Waals surface area contributed by atoms with Crippen LogP contribution in [0.5, 0.6) is 0 Å². The summed E-state index contributed by atoms with van der Waals surface area (Å²) in [7, 11) is -3.73. The van der Waals surface area contributed by atoms with E-state index in [0.29, 0.717) is 13.1 Å². The van der Waals surface area contributed by atoms with Crippen molar-refractivity contribution in [2.45, 2.75) is 25.7 Å². The number of nitrogens with zero attached hydrogens (tertiary/aromatic N) is 1. The molecule has 1 aromatic carbocycles. The summed E-state index contributed by atoms with van der Waals surface area (Å²) < 4.78 is 35.5. The lowest BCUT2D eigenvalue weighted by Crippen LogP contribution is -2.34. The van der Waals surface area contributed by atoms with Crippen molar-refractivity contribution in [2.24, 2.45) is 0 Å². The van der Waals surface area contributed by atoms with Crippen LogP contribution < -0.4 is 5.32 Å². The highest BCUT2D eigenvalue weighted by atomic mass is 32.2.